The maximum absolute atomic E-state index is 12.3. The lowest BCUT2D eigenvalue weighted by molar-refractivity contribution is 0.0702. The van der Waals surface area contributed by atoms with Crippen LogP contribution < -0.4 is 0 Å². The minimum atomic E-state index is -3.66. The fourth-order valence-electron chi connectivity index (χ4n) is 1.70. The molecule has 2 heterocycles. The molecule has 0 aliphatic heterocycles. The maximum Gasteiger partial charge on any atom is 0.345 e. The van der Waals surface area contributed by atoms with Gasteiger partial charge in [0.15, 0.2) is 0 Å². The fourth-order valence-corrected chi connectivity index (χ4v) is 3.97. The maximum atomic E-state index is 12.3. The number of likely N-dealkylation sites (N-methyl/N-ethyl adjacent to an activating group) is 1. The van der Waals surface area contributed by atoms with E-state index in [2.05, 4.69) is 4.98 Å². The van der Waals surface area contributed by atoms with Gasteiger partial charge in [0.2, 0.25) is 10.0 Å². The first-order valence-electron chi connectivity index (χ1n) is 6.08. The van der Waals surface area contributed by atoms with Crippen molar-refractivity contribution >= 4 is 27.3 Å². The highest BCUT2D eigenvalue weighted by atomic mass is 32.2. The summed E-state index contributed by atoms with van der Waals surface area (Å²) in [4.78, 5) is 14.7. The average Bonchev–Trinajstić information content (AvgIpc) is 2.96. The van der Waals surface area contributed by atoms with Gasteiger partial charge in [0.05, 0.1) is 4.90 Å². The third-order valence-corrected chi connectivity index (χ3v) is 5.86. The lowest BCUT2D eigenvalue weighted by Gasteiger charge is -2.16. The number of thiophene rings is 1. The van der Waals surface area contributed by atoms with E-state index in [1.165, 1.54) is 22.8 Å². The molecule has 6 nitrogen and oxygen atoms in total. The van der Waals surface area contributed by atoms with Crippen LogP contribution in [0, 0.1) is 0 Å². The molecule has 112 valence electrons. The summed E-state index contributed by atoms with van der Waals surface area (Å²) in [6.45, 7) is 0.310. The molecule has 0 radical (unpaired) electrons. The zero-order chi connectivity index (χ0) is 15.5. The number of aromatic nitrogens is 1. The number of carboxylic acid groups (broad SMARTS) is 1. The van der Waals surface area contributed by atoms with E-state index >= 15 is 0 Å². The first-order chi connectivity index (χ1) is 9.91. The van der Waals surface area contributed by atoms with Crippen molar-refractivity contribution in [3.05, 3.63) is 46.4 Å². The first kappa shape index (κ1) is 15.6. The van der Waals surface area contributed by atoms with Crippen molar-refractivity contribution in [3.63, 3.8) is 0 Å². The number of hydrogen-bond donors (Lipinski definition) is 1. The van der Waals surface area contributed by atoms with Crippen LogP contribution in [0.4, 0.5) is 0 Å². The largest absolute Gasteiger partial charge is 0.477 e. The van der Waals surface area contributed by atoms with Crippen LogP contribution in [-0.4, -0.2) is 42.4 Å². The molecule has 0 atom stereocenters. The Morgan fingerprint density at radius 2 is 2.05 bits per heavy atom. The molecule has 2 aromatic rings. The summed E-state index contributed by atoms with van der Waals surface area (Å²) >= 11 is 0.903. The Hall–Kier alpha value is -1.77. The molecule has 1 N–H and O–H groups in total. The van der Waals surface area contributed by atoms with E-state index in [1.807, 2.05) is 12.1 Å². The molecule has 0 spiro atoms. The van der Waals surface area contributed by atoms with E-state index in [1.54, 1.807) is 12.4 Å². The monoisotopic (exact) mass is 326 g/mol. The topological polar surface area (TPSA) is 87.6 Å². The molecule has 2 rings (SSSR count). The Morgan fingerprint density at radius 1 is 1.38 bits per heavy atom. The van der Waals surface area contributed by atoms with E-state index in [4.69, 9.17) is 5.11 Å². The highest BCUT2D eigenvalue weighted by Crippen LogP contribution is 2.22. The molecule has 2 aromatic heterocycles. The third kappa shape index (κ3) is 3.66. The Bertz CT molecular complexity index is 726. The molecular weight excluding hydrogens is 312 g/mol. The lowest BCUT2D eigenvalue weighted by atomic mass is 10.2. The number of carbonyl (C=O) groups is 1. The highest BCUT2D eigenvalue weighted by molar-refractivity contribution is 7.89. The van der Waals surface area contributed by atoms with E-state index in [0.29, 0.717) is 13.0 Å². The summed E-state index contributed by atoms with van der Waals surface area (Å²) in [5, 5.41) is 10.2. The summed E-state index contributed by atoms with van der Waals surface area (Å²) in [7, 11) is -2.18. The predicted molar refractivity (Wildman–Crippen MR) is 79.0 cm³/mol. The number of pyridine rings is 1. The van der Waals surface area contributed by atoms with Gasteiger partial charge in [-0.25, -0.2) is 17.5 Å². The van der Waals surface area contributed by atoms with Crippen molar-refractivity contribution in [1.29, 1.82) is 0 Å². The molecule has 21 heavy (non-hydrogen) atoms. The van der Waals surface area contributed by atoms with Crippen molar-refractivity contribution in [1.82, 2.24) is 9.29 Å². The standard InChI is InChI=1S/C13H14N2O4S2/c1-15(7-4-10-2-5-14-6-3-10)21(18,19)11-8-12(13(16)17)20-9-11/h2-3,5-6,8-9H,4,7H2,1H3,(H,16,17). The van der Waals surface area contributed by atoms with Gasteiger partial charge in [0, 0.05) is 31.4 Å². The van der Waals surface area contributed by atoms with Crippen molar-refractivity contribution in [2.75, 3.05) is 13.6 Å². The molecule has 0 aliphatic carbocycles. The summed E-state index contributed by atoms with van der Waals surface area (Å²) in [6, 6.07) is 4.84. The minimum absolute atomic E-state index is 0.0103. The number of sulfonamides is 1. The summed E-state index contributed by atoms with van der Waals surface area (Å²) in [5.74, 6) is -1.12. The summed E-state index contributed by atoms with van der Waals surface area (Å²) in [5.41, 5.74) is 0.989. The summed E-state index contributed by atoms with van der Waals surface area (Å²) in [6.07, 6.45) is 3.87. The van der Waals surface area contributed by atoms with Crippen molar-refractivity contribution in [3.8, 4) is 0 Å². The Morgan fingerprint density at radius 3 is 2.62 bits per heavy atom. The smallest absolute Gasteiger partial charge is 0.345 e. The SMILES string of the molecule is CN(CCc1ccncc1)S(=O)(=O)c1csc(C(=O)O)c1. The fraction of sp³-hybridized carbons (Fsp3) is 0.231. The first-order valence-corrected chi connectivity index (χ1v) is 8.40. The van der Waals surface area contributed by atoms with Crippen LogP contribution in [0.25, 0.3) is 0 Å². The van der Waals surface area contributed by atoms with Crippen molar-refractivity contribution < 1.29 is 18.3 Å². The zero-order valence-electron chi connectivity index (χ0n) is 11.3. The second-order valence-corrected chi connectivity index (χ2v) is 7.34. The number of nitrogens with zero attached hydrogens (tertiary/aromatic N) is 2. The quantitative estimate of drug-likeness (QED) is 0.873. The van der Waals surface area contributed by atoms with Crippen LogP contribution in [0.3, 0.4) is 0 Å². The second-order valence-electron chi connectivity index (χ2n) is 4.38. The lowest BCUT2D eigenvalue weighted by Crippen LogP contribution is -2.28. The van der Waals surface area contributed by atoms with Gasteiger partial charge in [-0.3, -0.25) is 4.98 Å². The second kappa shape index (κ2) is 6.33. The normalized spacial score (nSPS) is 11.7. The molecule has 0 bridgehead atoms. The number of aromatic carboxylic acids is 1. The molecule has 0 unspecified atom stereocenters. The predicted octanol–water partition coefficient (Wildman–Crippen LogP) is 1.70. The molecule has 0 aliphatic rings. The molecule has 0 aromatic carbocycles. The van der Waals surface area contributed by atoms with Gasteiger partial charge in [-0.2, -0.15) is 0 Å². The molecular formula is C13H14N2O4S2. The average molecular weight is 326 g/mol. The van der Waals surface area contributed by atoms with Crippen molar-refractivity contribution in [2.24, 2.45) is 0 Å². The van der Waals surface area contributed by atoms with Crippen LogP contribution in [0.1, 0.15) is 15.2 Å². The van der Waals surface area contributed by atoms with Gasteiger partial charge in [-0.05, 0) is 30.2 Å². The minimum Gasteiger partial charge on any atom is -0.477 e. The van der Waals surface area contributed by atoms with Crippen LogP contribution in [0.2, 0.25) is 0 Å². The van der Waals surface area contributed by atoms with E-state index in [0.717, 1.165) is 16.9 Å². The van der Waals surface area contributed by atoms with E-state index in [-0.39, 0.29) is 9.77 Å². The number of carboxylic acids is 1. The van der Waals surface area contributed by atoms with Gasteiger partial charge >= 0.3 is 5.97 Å². The molecule has 0 amide bonds. The van der Waals surface area contributed by atoms with Gasteiger partial charge in [-0.1, -0.05) is 0 Å². The Balaban J connectivity index is 2.09. The number of hydrogen-bond acceptors (Lipinski definition) is 5. The van der Waals surface area contributed by atoms with Gasteiger partial charge in [0.25, 0.3) is 0 Å². The Kier molecular flexibility index (Phi) is 4.71. The molecule has 8 heteroatoms. The van der Waals surface area contributed by atoms with Crippen LogP contribution in [-0.2, 0) is 16.4 Å². The van der Waals surface area contributed by atoms with Gasteiger partial charge in [0.1, 0.15) is 4.88 Å². The van der Waals surface area contributed by atoms with Crippen LogP contribution in [0.15, 0.2) is 40.9 Å². The Labute approximate surface area is 126 Å². The highest BCUT2D eigenvalue weighted by Gasteiger charge is 2.23. The van der Waals surface area contributed by atoms with Crippen molar-refractivity contribution in [2.45, 2.75) is 11.3 Å². The molecule has 0 fully saturated rings. The number of rotatable bonds is 6. The molecule has 0 saturated heterocycles. The molecule has 0 saturated carbocycles. The van der Waals surface area contributed by atoms with Gasteiger partial charge < -0.3 is 5.11 Å². The van der Waals surface area contributed by atoms with Crippen LogP contribution >= 0.6 is 11.3 Å². The van der Waals surface area contributed by atoms with E-state index < -0.39 is 16.0 Å². The van der Waals surface area contributed by atoms with E-state index in [9.17, 15) is 13.2 Å². The third-order valence-electron chi connectivity index (χ3n) is 2.96. The van der Waals surface area contributed by atoms with Gasteiger partial charge in [-0.15, -0.1) is 11.3 Å². The zero-order valence-corrected chi connectivity index (χ0v) is 12.9. The van der Waals surface area contributed by atoms with Crippen LogP contribution in [0.5, 0.6) is 0 Å². The summed E-state index contributed by atoms with van der Waals surface area (Å²) < 4.78 is 25.9.